The van der Waals surface area contributed by atoms with Crippen LogP contribution < -0.4 is 15.5 Å². The standard InChI is InChI=1S/C22H27N3O2/c1-25(20-10-6-3-7-11-20)16-21(26)23-19-14-12-17(13-15-19)22(27)24-18-8-4-2-5-9-18/h3,6-7,10-15,18H,2,4-5,8-9,16H2,1H3,(H,23,26)(H,24,27). The number of likely N-dealkylation sites (N-methyl/N-ethyl adjacent to an activating group) is 1. The van der Waals surface area contributed by atoms with E-state index in [0.29, 0.717) is 17.3 Å². The summed E-state index contributed by atoms with van der Waals surface area (Å²) < 4.78 is 0. The largest absolute Gasteiger partial charge is 0.365 e. The van der Waals surface area contributed by atoms with Gasteiger partial charge in [0.05, 0.1) is 6.54 Å². The maximum Gasteiger partial charge on any atom is 0.251 e. The molecule has 142 valence electrons. The Morgan fingerprint density at radius 3 is 2.30 bits per heavy atom. The van der Waals surface area contributed by atoms with E-state index in [0.717, 1.165) is 18.5 Å². The summed E-state index contributed by atoms with van der Waals surface area (Å²) in [5.41, 5.74) is 2.30. The summed E-state index contributed by atoms with van der Waals surface area (Å²) >= 11 is 0. The number of hydrogen-bond acceptors (Lipinski definition) is 3. The lowest BCUT2D eigenvalue weighted by atomic mass is 9.95. The Hall–Kier alpha value is -2.82. The Morgan fingerprint density at radius 2 is 1.63 bits per heavy atom. The Bertz CT molecular complexity index is 753. The highest BCUT2D eigenvalue weighted by atomic mass is 16.2. The lowest BCUT2D eigenvalue weighted by Gasteiger charge is -2.22. The molecule has 0 saturated heterocycles. The zero-order valence-electron chi connectivity index (χ0n) is 15.8. The maximum atomic E-state index is 12.3. The molecule has 3 rings (SSSR count). The van der Waals surface area contributed by atoms with Gasteiger partial charge in [0, 0.05) is 30.0 Å². The molecule has 2 aromatic carbocycles. The van der Waals surface area contributed by atoms with Crippen LogP contribution in [-0.2, 0) is 4.79 Å². The van der Waals surface area contributed by atoms with Crippen molar-refractivity contribution in [2.24, 2.45) is 0 Å². The lowest BCUT2D eigenvalue weighted by Crippen LogP contribution is -2.36. The second-order valence-corrected chi connectivity index (χ2v) is 7.13. The van der Waals surface area contributed by atoms with Crippen molar-refractivity contribution in [2.75, 3.05) is 23.8 Å². The number of nitrogens with zero attached hydrogens (tertiary/aromatic N) is 1. The number of carbonyl (C=O) groups is 2. The molecule has 0 heterocycles. The molecule has 0 bridgehead atoms. The summed E-state index contributed by atoms with van der Waals surface area (Å²) in [6.45, 7) is 0.258. The third-order valence-electron chi connectivity index (χ3n) is 4.95. The van der Waals surface area contributed by atoms with Gasteiger partial charge in [-0.15, -0.1) is 0 Å². The fraction of sp³-hybridized carbons (Fsp3) is 0.364. The van der Waals surface area contributed by atoms with Gasteiger partial charge in [0.15, 0.2) is 0 Å². The molecule has 5 heteroatoms. The topological polar surface area (TPSA) is 61.4 Å². The van der Waals surface area contributed by atoms with Crippen LogP contribution in [0.4, 0.5) is 11.4 Å². The van der Waals surface area contributed by atoms with Crippen molar-refractivity contribution < 1.29 is 9.59 Å². The number of amides is 2. The Balaban J connectivity index is 1.50. The SMILES string of the molecule is CN(CC(=O)Nc1ccc(C(=O)NC2CCCCC2)cc1)c1ccccc1. The van der Waals surface area contributed by atoms with Crippen molar-refractivity contribution in [3.8, 4) is 0 Å². The third-order valence-corrected chi connectivity index (χ3v) is 4.95. The molecule has 0 atom stereocenters. The van der Waals surface area contributed by atoms with Crippen LogP contribution in [0.25, 0.3) is 0 Å². The minimum absolute atomic E-state index is 0.0383. The fourth-order valence-corrected chi connectivity index (χ4v) is 3.41. The van der Waals surface area contributed by atoms with E-state index < -0.39 is 0 Å². The molecule has 1 saturated carbocycles. The predicted molar refractivity (Wildman–Crippen MR) is 109 cm³/mol. The first-order valence-electron chi connectivity index (χ1n) is 9.59. The molecule has 27 heavy (non-hydrogen) atoms. The van der Waals surface area contributed by atoms with Gasteiger partial charge in [-0.3, -0.25) is 9.59 Å². The van der Waals surface area contributed by atoms with Gasteiger partial charge < -0.3 is 15.5 Å². The number of carbonyl (C=O) groups excluding carboxylic acids is 2. The van der Waals surface area contributed by atoms with Crippen LogP contribution in [0.2, 0.25) is 0 Å². The van der Waals surface area contributed by atoms with Gasteiger partial charge in [-0.25, -0.2) is 0 Å². The summed E-state index contributed by atoms with van der Waals surface area (Å²) in [6.07, 6.45) is 5.77. The van der Waals surface area contributed by atoms with Crippen LogP contribution in [0.1, 0.15) is 42.5 Å². The molecule has 1 aliphatic rings. The first-order valence-corrected chi connectivity index (χ1v) is 9.59. The Kier molecular flexibility index (Phi) is 6.47. The second kappa shape index (κ2) is 9.21. The van der Waals surface area contributed by atoms with Crippen molar-refractivity contribution in [1.82, 2.24) is 5.32 Å². The normalized spacial score (nSPS) is 14.4. The van der Waals surface area contributed by atoms with Crippen molar-refractivity contribution in [2.45, 2.75) is 38.1 Å². The summed E-state index contributed by atoms with van der Waals surface area (Å²) in [4.78, 5) is 26.5. The Labute approximate surface area is 160 Å². The number of anilines is 2. The molecular weight excluding hydrogens is 338 g/mol. The third kappa shape index (κ3) is 5.58. The summed E-state index contributed by atoms with van der Waals surface area (Å²) in [5.74, 6) is -0.135. The molecule has 0 spiro atoms. The van der Waals surface area contributed by atoms with Crippen LogP contribution >= 0.6 is 0 Å². The molecule has 1 aliphatic carbocycles. The van der Waals surface area contributed by atoms with E-state index in [2.05, 4.69) is 10.6 Å². The van der Waals surface area contributed by atoms with E-state index in [1.165, 1.54) is 19.3 Å². The van der Waals surface area contributed by atoms with E-state index in [-0.39, 0.29) is 18.4 Å². The highest BCUT2D eigenvalue weighted by Gasteiger charge is 2.16. The second-order valence-electron chi connectivity index (χ2n) is 7.13. The first kappa shape index (κ1) is 19.0. The van der Waals surface area contributed by atoms with Crippen molar-refractivity contribution in [3.05, 3.63) is 60.2 Å². The van der Waals surface area contributed by atoms with E-state index in [9.17, 15) is 9.59 Å². The summed E-state index contributed by atoms with van der Waals surface area (Å²) in [6, 6.07) is 17.1. The maximum absolute atomic E-state index is 12.3. The monoisotopic (exact) mass is 365 g/mol. The highest BCUT2D eigenvalue weighted by Crippen LogP contribution is 2.18. The van der Waals surface area contributed by atoms with Gasteiger partial charge in [0.2, 0.25) is 5.91 Å². The number of nitrogens with one attached hydrogen (secondary N) is 2. The molecule has 2 aromatic rings. The molecule has 0 aromatic heterocycles. The smallest absolute Gasteiger partial charge is 0.251 e. The first-order chi connectivity index (χ1) is 13.1. The predicted octanol–water partition coefficient (Wildman–Crippen LogP) is 3.82. The zero-order chi connectivity index (χ0) is 19.1. The lowest BCUT2D eigenvalue weighted by molar-refractivity contribution is -0.114. The minimum atomic E-state index is -0.0965. The minimum Gasteiger partial charge on any atom is -0.365 e. The zero-order valence-corrected chi connectivity index (χ0v) is 15.8. The van der Waals surface area contributed by atoms with Crippen molar-refractivity contribution in [3.63, 3.8) is 0 Å². The molecule has 0 radical (unpaired) electrons. The fourth-order valence-electron chi connectivity index (χ4n) is 3.41. The van der Waals surface area contributed by atoms with Crippen molar-refractivity contribution in [1.29, 1.82) is 0 Å². The molecule has 5 nitrogen and oxygen atoms in total. The van der Waals surface area contributed by atoms with E-state index in [4.69, 9.17) is 0 Å². The van der Waals surface area contributed by atoms with E-state index >= 15 is 0 Å². The van der Waals surface area contributed by atoms with Crippen LogP contribution in [0.3, 0.4) is 0 Å². The molecule has 2 N–H and O–H groups in total. The van der Waals surface area contributed by atoms with Gasteiger partial charge in [-0.2, -0.15) is 0 Å². The van der Waals surface area contributed by atoms with Crippen LogP contribution in [-0.4, -0.2) is 31.4 Å². The summed E-state index contributed by atoms with van der Waals surface area (Å²) in [7, 11) is 1.88. The quantitative estimate of drug-likeness (QED) is 0.818. The van der Waals surface area contributed by atoms with Crippen LogP contribution in [0.15, 0.2) is 54.6 Å². The molecule has 2 amide bonds. The molecule has 0 aliphatic heterocycles. The Morgan fingerprint density at radius 1 is 0.963 bits per heavy atom. The van der Waals surface area contributed by atoms with Crippen LogP contribution in [0.5, 0.6) is 0 Å². The van der Waals surface area contributed by atoms with Gasteiger partial charge in [0.25, 0.3) is 5.91 Å². The van der Waals surface area contributed by atoms with Gasteiger partial charge in [0.1, 0.15) is 0 Å². The average molecular weight is 365 g/mol. The summed E-state index contributed by atoms with van der Waals surface area (Å²) in [5, 5.41) is 5.98. The highest BCUT2D eigenvalue weighted by molar-refractivity contribution is 5.96. The number of benzene rings is 2. The van der Waals surface area contributed by atoms with Gasteiger partial charge in [-0.05, 0) is 49.2 Å². The molecule has 0 unspecified atom stereocenters. The average Bonchev–Trinajstić information content (AvgIpc) is 2.70. The van der Waals surface area contributed by atoms with Crippen LogP contribution in [0, 0.1) is 0 Å². The molecule has 1 fully saturated rings. The molecular formula is C22H27N3O2. The number of hydrogen-bond donors (Lipinski definition) is 2. The van der Waals surface area contributed by atoms with Gasteiger partial charge in [-0.1, -0.05) is 37.5 Å². The van der Waals surface area contributed by atoms with E-state index in [1.807, 2.05) is 42.3 Å². The van der Waals surface area contributed by atoms with Gasteiger partial charge >= 0.3 is 0 Å². The number of rotatable bonds is 6. The van der Waals surface area contributed by atoms with E-state index in [1.54, 1.807) is 24.3 Å². The van der Waals surface area contributed by atoms with Crippen molar-refractivity contribution >= 4 is 23.2 Å². The number of para-hydroxylation sites is 1.